The minimum absolute atomic E-state index is 0.549. The summed E-state index contributed by atoms with van der Waals surface area (Å²) in [6.45, 7) is 0.549. The first-order valence-corrected chi connectivity index (χ1v) is 10.9. The second-order valence-corrected chi connectivity index (χ2v) is 8.24. The molecule has 31 heavy (non-hydrogen) atoms. The van der Waals surface area contributed by atoms with Gasteiger partial charge >= 0.3 is 0 Å². The minimum Gasteiger partial charge on any atom is -0.467 e. The molecule has 0 amide bonds. The van der Waals surface area contributed by atoms with E-state index in [2.05, 4.69) is 55.5 Å². The number of hydrogen-bond donors (Lipinski definition) is 1. The third kappa shape index (κ3) is 3.26. The molecule has 1 aliphatic rings. The maximum absolute atomic E-state index is 5.40. The lowest BCUT2D eigenvalue weighted by Gasteiger charge is -2.24. The molecule has 0 spiro atoms. The number of furan rings is 1. The fourth-order valence-electron chi connectivity index (χ4n) is 4.74. The molecule has 1 N–H and O–H groups in total. The zero-order valence-electron chi connectivity index (χ0n) is 17.2. The topological polar surface area (TPSA) is 73.2 Å². The molecule has 6 rings (SSSR count). The van der Waals surface area contributed by atoms with Gasteiger partial charge in [-0.1, -0.05) is 25.3 Å². The number of nitrogens with one attached hydrogen (secondary N) is 1. The Kier molecular flexibility index (Phi) is 4.44. The molecule has 1 saturated carbocycles. The van der Waals surface area contributed by atoms with Crippen LogP contribution in [0.5, 0.6) is 0 Å². The van der Waals surface area contributed by atoms with Crippen molar-refractivity contribution in [1.82, 2.24) is 24.1 Å². The molecule has 0 aliphatic heterocycles. The largest absolute Gasteiger partial charge is 0.467 e. The van der Waals surface area contributed by atoms with Crippen molar-refractivity contribution in [3.05, 3.63) is 67.1 Å². The van der Waals surface area contributed by atoms with Crippen LogP contribution in [-0.2, 0) is 6.54 Å². The fourth-order valence-corrected chi connectivity index (χ4v) is 4.74. The van der Waals surface area contributed by atoms with Crippen LogP contribution in [-0.4, -0.2) is 24.1 Å². The number of aromatic nitrogens is 5. The predicted molar refractivity (Wildman–Crippen MR) is 120 cm³/mol. The summed E-state index contributed by atoms with van der Waals surface area (Å²) in [5.41, 5.74) is 4.14. The first-order valence-electron chi connectivity index (χ1n) is 10.9. The Morgan fingerprint density at radius 2 is 2.03 bits per heavy atom. The van der Waals surface area contributed by atoms with Crippen molar-refractivity contribution >= 4 is 22.5 Å². The molecule has 7 heteroatoms. The van der Waals surface area contributed by atoms with Crippen LogP contribution in [0.3, 0.4) is 0 Å². The number of benzene rings is 1. The molecular weight excluding hydrogens is 388 g/mol. The molecule has 4 aromatic heterocycles. The van der Waals surface area contributed by atoms with Crippen molar-refractivity contribution in [3.8, 4) is 11.1 Å². The number of anilines is 1. The highest BCUT2D eigenvalue weighted by Gasteiger charge is 2.17. The zero-order chi connectivity index (χ0) is 20.6. The summed E-state index contributed by atoms with van der Waals surface area (Å²) in [6, 6.07) is 13.3. The van der Waals surface area contributed by atoms with Crippen LogP contribution in [0.4, 0.5) is 5.95 Å². The molecule has 1 aromatic carbocycles. The van der Waals surface area contributed by atoms with Gasteiger partial charge in [-0.3, -0.25) is 4.40 Å². The summed E-state index contributed by atoms with van der Waals surface area (Å²) < 4.78 is 9.74. The normalized spacial score (nSPS) is 15.1. The lowest BCUT2D eigenvalue weighted by Crippen LogP contribution is -2.11. The summed E-state index contributed by atoms with van der Waals surface area (Å²) in [4.78, 5) is 4.64. The van der Waals surface area contributed by atoms with Crippen molar-refractivity contribution in [2.45, 2.75) is 44.7 Å². The highest BCUT2D eigenvalue weighted by molar-refractivity contribution is 5.88. The third-order valence-electron chi connectivity index (χ3n) is 6.33. The Morgan fingerprint density at radius 3 is 2.90 bits per heavy atom. The summed E-state index contributed by atoms with van der Waals surface area (Å²) in [5.74, 6) is 1.53. The molecule has 156 valence electrons. The second-order valence-electron chi connectivity index (χ2n) is 8.24. The Labute approximate surface area is 179 Å². The van der Waals surface area contributed by atoms with E-state index in [4.69, 9.17) is 4.42 Å². The maximum Gasteiger partial charge on any atom is 0.210 e. The van der Waals surface area contributed by atoms with Gasteiger partial charge in [-0.2, -0.15) is 0 Å². The van der Waals surface area contributed by atoms with Crippen LogP contribution in [0.1, 0.15) is 43.9 Å². The number of nitrogens with zero attached hydrogens (tertiary/aromatic N) is 5. The molecule has 0 radical (unpaired) electrons. The second kappa shape index (κ2) is 7.58. The number of hydrogen-bond acceptors (Lipinski definition) is 5. The average molecular weight is 412 g/mol. The lowest BCUT2D eigenvalue weighted by molar-refractivity contribution is 0.361. The van der Waals surface area contributed by atoms with E-state index in [1.165, 1.54) is 43.0 Å². The molecule has 1 aliphatic carbocycles. The monoisotopic (exact) mass is 412 g/mol. The Hall–Kier alpha value is -3.61. The van der Waals surface area contributed by atoms with Crippen LogP contribution in [0.25, 0.3) is 27.7 Å². The van der Waals surface area contributed by atoms with Gasteiger partial charge in [0, 0.05) is 34.9 Å². The van der Waals surface area contributed by atoms with E-state index in [1.54, 1.807) is 12.6 Å². The molecule has 5 aromatic rings. The third-order valence-corrected chi connectivity index (χ3v) is 6.33. The van der Waals surface area contributed by atoms with Crippen LogP contribution < -0.4 is 5.32 Å². The van der Waals surface area contributed by atoms with Crippen molar-refractivity contribution in [3.63, 3.8) is 0 Å². The van der Waals surface area contributed by atoms with Gasteiger partial charge in [0.15, 0.2) is 5.65 Å². The molecular formula is C24H24N6O. The minimum atomic E-state index is 0.549. The smallest absolute Gasteiger partial charge is 0.210 e. The number of rotatable bonds is 5. The van der Waals surface area contributed by atoms with E-state index >= 15 is 0 Å². The van der Waals surface area contributed by atoms with Crippen LogP contribution in [0.15, 0.2) is 65.8 Å². The van der Waals surface area contributed by atoms with Gasteiger partial charge < -0.3 is 14.3 Å². The lowest BCUT2D eigenvalue weighted by atomic mass is 9.95. The Bertz CT molecular complexity index is 1330. The molecule has 0 bridgehead atoms. The van der Waals surface area contributed by atoms with Gasteiger partial charge in [0.05, 0.1) is 12.8 Å². The van der Waals surface area contributed by atoms with Gasteiger partial charge in [0.25, 0.3) is 0 Å². The number of fused-ring (bicyclic) bond motifs is 2. The van der Waals surface area contributed by atoms with E-state index in [1.807, 2.05) is 22.7 Å². The first-order chi connectivity index (χ1) is 15.4. The Morgan fingerprint density at radius 1 is 1.10 bits per heavy atom. The van der Waals surface area contributed by atoms with Crippen molar-refractivity contribution < 1.29 is 4.42 Å². The van der Waals surface area contributed by atoms with Crippen LogP contribution >= 0.6 is 0 Å². The van der Waals surface area contributed by atoms with E-state index in [9.17, 15) is 0 Å². The SMILES string of the molecule is c1coc(CNc2ncc(-c3ccc4c(ccn4C4CCCCC4)c3)c3nncn23)c1. The Balaban J connectivity index is 1.34. The van der Waals surface area contributed by atoms with Gasteiger partial charge in [-0.25, -0.2) is 4.98 Å². The van der Waals surface area contributed by atoms with E-state index < -0.39 is 0 Å². The highest BCUT2D eigenvalue weighted by Crippen LogP contribution is 2.34. The maximum atomic E-state index is 5.40. The zero-order valence-corrected chi connectivity index (χ0v) is 17.2. The molecule has 0 unspecified atom stereocenters. The van der Waals surface area contributed by atoms with E-state index in [0.29, 0.717) is 18.5 Å². The molecule has 7 nitrogen and oxygen atoms in total. The summed E-state index contributed by atoms with van der Waals surface area (Å²) in [6.07, 6.45) is 14.1. The average Bonchev–Trinajstić information content (AvgIpc) is 3.58. The molecule has 4 heterocycles. The first kappa shape index (κ1) is 18.2. The van der Waals surface area contributed by atoms with Gasteiger partial charge in [-0.15, -0.1) is 10.2 Å². The van der Waals surface area contributed by atoms with Crippen molar-refractivity contribution in [1.29, 1.82) is 0 Å². The van der Waals surface area contributed by atoms with Gasteiger partial charge in [-0.05, 0) is 48.7 Å². The quantitative estimate of drug-likeness (QED) is 0.415. The van der Waals surface area contributed by atoms with Crippen LogP contribution in [0.2, 0.25) is 0 Å². The summed E-state index contributed by atoms with van der Waals surface area (Å²) in [7, 11) is 0. The van der Waals surface area contributed by atoms with E-state index in [-0.39, 0.29) is 0 Å². The van der Waals surface area contributed by atoms with Crippen LogP contribution in [0, 0.1) is 0 Å². The highest BCUT2D eigenvalue weighted by atomic mass is 16.3. The molecule has 0 saturated heterocycles. The predicted octanol–water partition coefficient (Wildman–Crippen LogP) is 5.46. The van der Waals surface area contributed by atoms with Crippen molar-refractivity contribution in [2.75, 3.05) is 5.32 Å². The molecule has 0 atom stereocenters. The van der Waals surface area contributed by atoms with Gasteiger partial charge in [0.1, 0.15) is 12.1 Å². The van der Waals surface area contributed by atoms with Gasteiger partial charge in [0.2, 0.25) is 5.95 Å². The van der Waals surface area contributed by atoms with E-state index in [0.717, 1.165) is 22.5 Å². The summed E-state index contributed by atoms with van der Waals surface area (Å²) in [5, 5.41) is 13.0. The fraction of sp³-hybridized carbons (Fsp3) is 0.292. The summed E-state index contributed by atoms with van der Waals surface area (Å²) >= 11 is 0. The standard InChI is InChI=1S/C24H24N6O/c1-2-5-19(6-3-1)29-11-10-18-13-17(8-9-22(18)29)21-15-26-24(30-16-27-28-23(21)30)25-14-20-7-4-12-31-20/h4,7-13,15-16,19H,1-3,5-6,14H2,(H,25,26). The van der Waals surface area contributed by atoms with Crippen molar-refractivity contribution in [2.24, 2.45) is 0 Å². The molecule has 1 fully saturated rings.